The molecule has 4 aliphatic rings. The lowest BCUT2D eigenvalue weighted by Crippen LogP contribution is -2.50. The third-order valence-electron chi connectivity index (χ3n) is 11.2. The molecule has 0 radical (unpaired) electrons. The minimum atomic E-state index is -0.0839. The van der Waals surface area contributed by atoms with Crippen molar-refractivity contribution in [1.29, 1.82) is 0 Å². The van der Waals surface area contributed by atoms with Crippen LogP contribution in [0.25, 0.3) is 0 Å². The van der Waals surface area contributed by atoms with Crippen molar-refractivity contribution in [2.45, 2.75) is 126 Å². The number of ether oxygens (including phenoxy) is 1. The topological polar surface area (TPSA) is 29.5 Å². The number of hydrogen-bond acceptors (Lipinski definition) is 2. The Morgan fingerprint density at radius 2 is 1.77 bits per heavy atom. The lowest BCUT2D eigenvalue weighted by Gasteiger charge is -2.58. The van der Waals surface area contributed by atoms with Gasteiger partial charge in [0, 0.05) is 13.2 Å². The third kappa shape index (κ3) is 5.95. The van der Waals surface area contributed by atoms with Gasteiger partial charge in [-0.25, -0.2) is 0 Å². The molecule has 8 atom stereocenters. The van der Waals surface area contributed by atoms with Crippen LogP contribution in [-0.4, -0.2) is 24.4 Å². The summed E-state index contributed by atoms with van der Waals surface area (Å²) >= 11 is 0. The Hall–Kier alpha value is -0.600. The average molecular weight is 487 g/mol. The van der Waals surface area contributed by atoms with Crippen molar-refractivity contribution in [3.05, 3.63) is 23.3 Å². The van der Waals surface area contributed by atoms with Crippen molar-refractivity contribution in [2.75, 3.05) is 13.2 Å². The molecule has 1 N–H and O–H groups in total. The molecule has 3 saturated carbocycles. The second-order valence-electron chi connectivity index (χ2n) is 13.2. The van der Waals surface area contributed by atoms with Gasteiger partial charge in [0.05, 0.1) is 6.10 Å². The molecule has 0 aromatic heterocycles. The molecule has 0 saturated heterocycles. The SMILES string of the molecule is C/C=C(\CC[C@@H](C)[C@H]1CC[C@H]2[C@@H]3CC=C4C[C@@H](O)CC[C@]4(C)[C@H]3CC[C@]12C)C(C)C.CCOCC. The molecule has 0 bridgehead atoms. The Morgan fingerprint density at radius 3 is 2.37 bits per heavy atom. The average Bonchev–Trinajstić information content (AvgIpc) is 3.18. The Labute approximate surface area is 218 Å². The van der Waals surface area contributed by atoms with E-state index in [2.05, 4.69) is 53.7 Å². The van der Waals surface area contributed by atoms with E-state index in [9.17, 15) is 5.11 Å². The maximum atomic E-state index is 10.2. The molecule has 0 heterocycles. The molecule has 0 aromatic rings. The van der Waals surface area contributed by atoms with E-state index in [-0.39, 0.29) is 6.10 Å². The molecule has 2 heteroatoms. The van der Waals surface area contributed by atoms with Gasteiger partial charge in [-0.2, -0.15) is 0 Å². The van der Waals surface area contributed by atoms with E-state index in [0.717, 1.165) is 55.6 Å². The lowest BCUT2D eigenvalue weighted by atomic mass is 9.47. The van der Waals surface area contributed by atoms with Gasteiger partial charge >= 0.3 is 0 Å². The maximum absolute atomic E-state index is 10.2. The van der Waals surface area contributed by atoms with E-state index in [0.29, 0.717) is 16.7 Å². The van der Waals surface area contributed by atoms with E-state index >= 15 is 0 Å². The normalized spacial score (nSPS) is 39.7. The number of fused-ring (bicyclic) bond motifs is 5. The highest BCUT2D eigenvalue weighted by molar-refractivity contribution is 5.25. The summed E-state index contributed by atoms with van der Waals surface area (Å²) in [5, 5.41) is 10.2. The van der Waals surface area contributed by atoms with Gasteiger partial charge in [0.25, 0.3) is 0 Å². The van der Waals surface area contributed by atoms with Gasteiger partial charge in [-0.3, -0.25) is 0 Å². The standard InChI is InChI=1S/C29H48O.C4H10O/c1-7-21(19(2)3)9-8-20(4)25-12-13-26-24-11-10-22-18-23(30)14-16-28(22,5)27(24)15-17-29(25,26)6;1-3-5-4-2/h7,10,19-20,23-27,30H,8-9,11-18H2,1-6H3;3-4H2,1-2H3/b21-7+;/t20-,23+,24+,25-,26+,27+,28+,29-;/m1./s1. The molecule has 35 heavy (non-hydrogen) atoms. The first-order chi connectivity index (χ1) is 16.6. The summed E-state index contributed by atoms with van der Waals surface area (Å²) in [5.74, 6) is 5.15. The lowest BCUT2D eigenvalue weighted by molar-refractivity contribution is -0.0571. The van der Waals surface area contributed by atoms with Gasteiger partial charge in [0.2, 0.25) is 0 Å². The second-order valence-corrected chi connectivity index (χ2v) is 13.2. The summed E-state index contributed by atoms with van der Waals surface area (Å²) in [6.07, 6.45) is 17.8. The summed E-state index contributed by atoms with van der Waals surface area (Å²) < 4.78 is 4.83. The fraction of sp³-hybridized carbons (Fsp3) is 0.879. The molecule has 3 fully saturated rings. The molecule has 0 aliphatic heterocycles. The van der Waals surface area contributed by atoms with E-state index in [4.69, 9.17) is 4.74 Å². The molecule has 0 unspecified atom stereocenters. The number of aliphatic hydroxyl groups excluding tert-OH is 1. The summed E-state index contributed by atoms with van der Waals surface area (Å²) in [6, 6.07) is 0. The van der Waals surface area contributed by atoms with E-state index in [1.54, 1.807) is 11.1 Å². The minimum absolute atomic E-state index is 0.0839. The van der Waals surface area contributed by atoms with Crippen LogP contribution < -0.4 is 0 Å². The highest BCUT2D eigenvalue weighted by Crippen LogP contribution is 2.67. The zero-order valence-electron chi connectivity index (χ0n) is 24.5. The Kier molecular flexibility index (Phi) is 10.2. The van der Waals surface area contributed by atoms with Gasteiger partial charge in [0.15, 0.2) is 0 Å². The van der Waals surface area contributed by atoms with Crippen LogP contribution in [0.5, 0.6) is 0 Å². The molecule has 0 spiro atoms. The Balaban J connectivity index is 0.000000623. The van der Waals surface area contributed by atoms with Crippen LogP contribution in [0.1, 0.15) is 120 Å². The monoisotopic (exact) mass is 486 g/mol. The van der Waals surface area contributed by atoms with Crippen molar-refractivity contribution in [3.63, 3.8) is 0 Å². The summed E-state index contributed by atoms with van der Waals surface area (Å²) in [6.45, 7) is 20.4. The van der Waals surface area contributed by atoms with Crippen molar-refractivity contribution in [2.24, 2.45) is 46.3 Å². The third-order valence-corrected chi connectivity index (χ3v) is 11.2. The van der Waals surface area contributed by atoms with Gasteiger partial charge < -0.3 is 9.84 Å². The molecule has 2 nitrogen and oxygen atoms in total. The summed E-state index contributed by atoms with van der Waals surface area (Å²) in [4.78, 5) is 0. The molecule has 0 amide bonds. The van der Waals surface area contributed by atoms with Crippen LogP contribution in [0.2, 0.25) is 0 Å². The number of aliphatic hydroxyl groups is 1. The van der Waals surface area contributed by atoms with Crippen LogP contribution >= 0.6 is 0 Å². The molecule has 202 valence electrons. The largest absolute Gasteiger partial charge is 0.393 e. The fourth-order valence-corrected chi connectivity index (χ4v) is 9.18. The van der Waals surface area contributed by atoms with E-state index in [1.165, 1.54) is 51.4 Å². The number of rotatable bonds is 7. The van der Waals surface area contributed by atoms with Crippen molar-refractivity contribution in [3.8, 4) is 0 Å². The minimum Gasteiger partial charge on any atom is -0.393 e. The van der Waals surface area contributed by atoms with Crippen LogP contribution in [0, 0.1) is 46.3 Å². The Bertz CT molecular complexity index is 733. The first-order valence-electron chi connectivity index (χ1n) is 15.2. The zero-order chi connectivity index (χ0) is 25.8. The molecular formula is C33H58O2. The van der Waals surface area contributed by atoms with Crippen molar-refractivity contribution >= 4 is 0 Å². The Morgan fingerprint density at radius 1 is 1.06 bits per heavy atom. The van der Waals surface area contributed by atoms with Gasteiger partial charge in [-0.1, -0.05) is 57.9 Å². The van der Waals surface area contributed by atoms with Gasteiger partial charge in [-0.15, -0.1) is 0 Å². The number of hydrogen-bond donors (Lipinski definition) is 1. The quantitative estimate of drug-likeness (QED) is 0.364. The highest BCUT2D eigenvalue weighted by Gasteiger charge is 2.59. The van der Waals surface area contributed by atoms with E-state index < -0.39 is 0 Å². The van der Waals surface area contributed by atoms with Crippen LogP contribution in [0.4, 0.5) is 0 Å². The molecule has 4 rings (SSSR count). The summed E-state index contributed by atoms with van der Waals surface area (Å²) in [5.41, 5.74) is 4.21. The second kappa shape index (κ2) is 12.3. The fourth-order valence-electron chi connectivity index (χ4n) is 9.18. The summed E-state index contributed by atoms with van der Waals surface area (Å²) in [7, 11) is 0. The highest BCUT2D eigenvalue weighted by atomic mass is 16.5. The van der Waals surface area contributed by atoms with Gasteiger partial charge in [-0.05, 0) is 131 Å². The van der Waals surface area contributed by atoms with Crippen LogP contribution in [0.15, 0.2) is 23.3 Å². The molecule has 4 aliphatic carbocycles. The molecule has 0 aromatic carbocycles. The van der Waals surface area contributed by atoms with Crippen LogP contribution in [0.3, 0.4) is 0 Å². The smallest absolute Gasteiger partial charge is 0.0577 e. The maximum Gasteiger partial charge on any atom is 0.0577 e. The van der Waals surface area contributed by atoms with Crippen molar-refractivity contribution in [1.82, 2.24) is 0 Å². The first-order valence-corrected chi connectivity index (χ1v) is 15.2. The molecular weight excluding hydrogens is 428 g/mol. The van der Waals surface area contributed by atoms with Gasteiger partial charge in [0.1, 0.15) is 0 Å². The zero-order valence-corrected chi connectivity index (χ0v) is 24.5. The van der Waals surface area contributed by atoms with Crippen molar-refractivity contribution < 1.29 is 9.84 Å². The first kappa shape index (κ1) is 29.0. The predicted octanol–water partition coefficient (Wildman–Crippen LogP) is 8.99. The predicted molar refractivity (Wildman–Crippen MR) is 150 cm³/mol. The number of allylic oxidation sites excluding steroid dienone is 3. The van der Waals surface area contributed by atoms with E-state index in [1.807, 2.05) is 13.8 Å². The van der Waals surface area contributed by atoms with Crippen LogP contribution in [-0.2, 0) is 4.74 Å².